The van der Waals surface area contributed by atoms with E-state index in [1.54, 1.807) is 42.5 Å². The summed E-state index contributed by atoms with van der Waals surface area (Å²) in [6, 6.07) is 13.0. The van der Waals surface area contributed by atoms with Gasteiger partial charge >= 0.3 is 12.1 Å². The fourth-order valence-corrected chi connectivity index (χ4v) is 6.88. The number of nitrogens with zero attached hydrogens (tertiary/aromatic N) is 2. The molecule has 266 valence electrons. The standard InChI is InChI=1S/C35H34ClF3N2O7S2/c1-45-29-7-3-22(18-32(42)43)17-30(29)47-13-2-9-41-33(44)31(50-34(41)49)20-24-19-23(26-21-25(35(37,38)39)5-6-27(26)36)4-8-28(24)48-16-12-40-10-14-46-15-11-40/h3-8,17,19-21H,2,9-16,18H2,1H3,(H,42,43). The number of rotatable bonds is 14. The molecule has 0 spiro atoms. The second-order valence-corrected chi connectivity index (χ2v) is 13.4. The third-order valence-corrected chi connectivity index (χ3v) is 9.62. The highest BCUT2D eigenvalue weighted by Crippen LogP contribution is 2.39. The molecule has 2 heterocycles. The lowest BCUT2D eigenvalue weighted by Crippen LogP contribution is -2.38. The number of carboxylic acid groups (broad SMARTS) is 1. The zero-order valence-corrected chi connectivity index (χ0v) is 29.4. The van der Waals surface area contributed by atoms with Crippen molar-refractivity contribution in [3.8, 4) is 28.4 Å². The SMILES string of the molecule is COc1ccc(CC(=O)O)cc1OCCCN1C(=O)C(=Cc2cc(-c3cc(C(F)(F)F)ccc3Cl)ccc2OCCN2CCOCC2)SC1=S. The molecule has 0 atom stereocenters. The maximum absolute atomic E-state index is 13.6. The molecular formula is C35H34ClF3N2O7S2. The molecule has 2 aliphatic heterocycles. The summed E-state index contributed by atoms with van der Waals surface area (Å²) in [5.74, 6) is -0.0187. The van der Waals surface area contributed by atoms with Crippen LogP contribution in [0.2, 0.25) is 5.02 Å². The summed E-state index contributed by atoms with van der Waals surface area (Å²) in [6.45, 7) is 4.27. The van der Waals surface area contributed by atoms with Crippen LogP contribution in [0.1, 0.15) is 23.1 Å². The van der Waals surface area contributed by atoms with Crippen LogP contribution in [-0.4, -0.2) is 90.8 Å². The first-order valence-corrected chi connectivity index (χ1v) is 17.2. The van der Waals surface area contributed by atoms with Gasteiger partial charge in [-0.25, -0.2) is 0 Å². The molecule has 2 saturated heterocycles. The summed E-state index contributed by atoms with van der Waals surface area (Å²) in [5.41, 5.74) is 0.812. The molecule has 0 aliphatic carbocycles. The highest BCUT2D eigenvalue weighted by Gasteiger charge is 2.33. The average molecular weight is 751 g/mol. The Morgan fingerprint density at radius 1 is 1.02 bits per heavy atom. The number of hydrogen-bond donors (Lipinski definition) is 1. The summed E-state index contributed by atoms with van der Waals surface area (Å²) in [4.78, 5) is 28.7. The predicted molar refractivity (Wildman–Crippen MR) is 189 cm³/mol. The van der Waals surface area contributed by atoms with Crippen molar-refractivity contribution in [3.63, 3.8) is 0 Å². The summed E-state index contributed by atoms with van der Waals surface area (Å²) < 4.78 is 63.7. The Bertz CT molecular complexity index is 1770. The lowest BCUT2D eigenvalue weighted by atomic mass is 9.99. The van der Waals surface area contributed by atoms with Gasteiger partial charge in [0.05, 0.1) is 43.8 Å². The van der Waals surface area contributed by atoms with Crippen molar-refractivity contribution in [1.29, 1.82) is 0 Å². The number of methoxy groups -OCH3 is 1. The van der Waals surface area contributed by atoms with Crippen LogP contribution in [0.4, 0.5) is 13.2 Å². The molecule has 0 aromatic heterocycles. The quantitative estimate of drug-likeness (QED) is 0.105. The van der Waals surface area contributed by atoms with Crippen LogP contribution in [0, 0.1) is 0 Å². The number of morpholine rings is 1. The minimum atomic E-state index is -4.56. The lowest BCUT2D eigenvalue weighted by molar-refractivity contribution is -0.138. The Morgan fingerprint density at radius 2 is 1.76 bits per heavy atom. The summed E-state index contributed by atoms with van der Waals surface area (Å²) in [6.07, 6.45) is -2.69. The Kier molecular flexibility index (Phi) is 12.7. The average Bonchev–Trinajstić information content (AvgIpc) is 3.34. The molecule has 0 unspecified atom stereocenters. The molecule has 0 saturated carbocycles. The number of thioether (sulfide) groups is 1. The molecule has 5 rings (SSSR count). The number of benzene rings is 3. The number of hydrogen-bond acceptors (Lipinski definition) is 9. The molecule has 0 bridgehead atoms. The largest absolute Gasteiger partial charge is 0.493 e. The third-order valence-electron chi connectivity index (χ3n) is 7.91. The van der Waals surface area contributed by atoms with Gasteiger partial charge in [-0.05, 0) is 66.1 Å². The van der Waals surface area contributed by atoms with E-state index in [1.165, 1.54) is 18.1 Å². The molecular weight excluding hydrogens is 717 g/mol. The van der Waals surface area contributed by atoms with Crippen LogP contribution in [0.5, 0.6) is 17.2 Å². The van der Waals surface area contributed by atoms with Gasteiger partial charge in [-0.3, -0.25) is 19.4 Å². The van der Waals surface area contributed by atoms with Crippen molar-refractivity contribution in [3.05, 3.63) is 81.2 Å². The molecule has 2 fully saturated rings. The van der Waals surface area contributed by atoms with Gasteiger partial charge in [-0.1, -0.05) is 47.7 Å². The number of carbonyl (C=O) groups is 2. The van der Waals surface area contributed by atoms with E-state index in [-0.39, 0.29) is 36.1 Å². The van der Waals surface area contributed by atoms with Crippen molar-refractivity contribution >= 4 is 57.9 Å². The van der Waals surface area contributed by atoms with E-state index >= 15 is 0 Å². The first-order chi connectivity index (χ1) is 23.9. The Labute approximate surface area is 301 Å². The maximum atomic E-state index is 13.6. The molecule has 1 N–H and O–H groups in total. The van der Waals surface area contributed by atoms with E-state index in [1.807, 2.05) is 0 Å². The van der Waals surface area contributed by atoms with Gasteiger partial charge in [0.15, 0.2) is 11.5 Å². The summed E-state index contributed by atoms with van der Waals surface area (Å²) in [7, 11) is 1.48. The first-order valence-electron chi connectivity index (χ1n) is 15.6. The second-order valence-electron chi connectivity index (χ2n) is 11.3. The van der Waals surface area contributed by atoms with Gasteiger partial charge in [-0.15, -0.1) is 0 Å². The number of carbonyl (C=O) groups excluding carboxylic acids is 1. The highest BCUT2D eigenvalue weighted by atomic mass is 35.5. The van der Waals surface area contributed by atoms with Crippen LogP contribution in [-0.2, 0) is 26.9 Å². The number of halogens is 4. The van der Waals surface area contributed by atoms with Crippen LogP contribution >= 0.6 is 35.6 Å². The Balaban J connectivity index is 1.33. The summed E-state index contributed by atoms with van der Waals surface area (Å²) >= 11 is 13.0. The second kappa shape index (κ2) is 16.9. The number of ether oxygens (including phenoxy) is 4. The Morgan fingerprint density at radius 3 is 2.48 bits per heavy atom. The maximum Gasteiger partial charge on any atom is 0.416 e. The molecule has 9 nitrogen and oxygen atoms in total. The lowest BCUT2D eigenvalue weighted by Gasteiger charge is -2.26. The van der Waals surface area contributed by atoms with Crippen molar-refractivity contribution < 1.29 is 46.8 Å². The molecule has 0 radical (unpaired) electrons. The van der Waals surface area contributed by atoms with Crippen molar-refractivity contribution in [2.24, 2.45) is 0 Å². The molecule has 3 aromatic rings. The van der Waals surface area contributed by atoms with E-state index in [9.17, 15) is 22.8 Å². The van der Waals surface area contributed by atoms with E-state index < -0.39 is 17.7 Å². The normalized spacial score (nSPS) is 16.3. The van der Waals surface area contributed by atoms with Crippen LogP contribution in [0.15, 0.2) is 59.5 Å². The number of amides is 1. The fourth-order valence-electron chi connectivity index (χ4n) is 5.35. The minimum absolute atomic E-state index is 0.143. The summed E-state index contributed by atoms with van der Waals surface area (Å²) in [5, 5.41) is 9.26. The van der Waals surface area contributed by atoms with Gasteiger partial charge in [-0.2, -0.15) is 13.2 Å². The zero-order chi connectivity index (χ0) is 35.8. The molecule has 15 heteroatoms. The van der Waals surface area contributed by atoms with Gasteiger partial charge in [0, 0.05) is 42.3 Å². The van der Waals surface area contributed by atoms with Gasteiger partial charge < -0.3 is 24.1 Å². The van der Waals surface area contributed by atoms with E-state index in [0.717, 1.165) is 37.0 Å². The molecule has 50 heavy (non-hydrogen) atoms. The van der Waals surface area contributed by atoms with Crippen LogP contribution in [0.3, 0.4) is 0 Å². The zero-order valence-electron chi connectivity index (χ0n) is 27.0. The van der Waals surface area contributed by atoms with Gasteiger partial charge in [0.1, 0.15) is 16.7 Å². The number of thiocarbonyl (C=S) groups is 1. The number of carboxylic acids is 1. The monoisotopic (exact) mass is 750 g/mol. The van der Waals surface area contributed by atoms with Crippen LogP contribution in [0.25, 0.3) is 17.2 Å². The third kappa shape index (κ3) is 9.69. The molecule has 1 amide bonds. The Hall–Kier alpha value is -3.82. The van der Waals surface area contributed by atoms with E-state index in [0.29, 0.717) is 76.0 Å². The number of aliphatic carboxylic acids is 1. The van der Waals surface area contributed by atoms with Crippen molar-refractivity contribution in [2.75, 3.05) is 59.7 Å². The van der Waals surface area contributed by atoms with Crippen molar-refractivity contribution in [2.45, 2.75) is 19.0 Å². The van der Waals surface area contributed by atoms with Crippen molar-refractivity contribution in [1.82, 2.24) is 9.80 Å². The number of alkyl halides is 3. The predicted octanol–water partition coefficient (Wildman–Crippen LogP) is 7.04. The van der Waals surface area contributed by atoms with E-state index in [2.05, 4.69) is 4.90 Å². The molecule has 3 aromatic carbocycles. The topological polar surface area (TPSA) is 97.8 Å². The smallest absolute Gasteiger partial charge is 0.416 e. The minimum Gasteiger partial charge on any atom is -0.493 e. The van der Waals surface area contributed by atoms with Gasteiger partial charge in [0.25, 0.3) is 5.91 Å². The highest BCUT2D eigenvalue weighted by molar-refractivity contribution is 8.26. The van der Waals surface area contributed by atoms with E-state index in [4.69, 9.17) is 47.9 Å². The first kappa shape index (κ1) is 37.4. The molecule has 2 aliphatic rings. The van der Waals surface area contributed by atoms with Gasteiger partial charge in [0.2, 0.25) is 0 Å². The van der Waals surface area contributed by atoms with Crippen LogP contribution < -0.4 is 14.2 Å². The fraction of sp³-hybridized carbons (Fsp3) is 0.343.